The van der Waals surface area contributed by atoms with Crippen LogP contribution in [0.1, 0.15) is 48.9 Å². The summed E-state index contributed by atoms with van der Waals surface area (Å²) in [6.07, 6.45) is 7.21. The second-order valence-electron chi connectivity index (χ2n) is 8.41. The van der Waals surface area contributed by atoms with Crippen LogP contribution in [-0.2, 0) is 4.79 Å². The van der Waals surface area contributed by atoms with Gasteiger partial charge in [0.25, 0.3) is 5.91 Å². The lowest BCUT2D eigenvalue weighted by molar-refractivity contribution is -0.146. The monoisotopic (exact) mass is 356 g/mol. The number of para-hydroxylation sites is 1. The molecule has 5 rings (SSSR count). The summed E-state index contributed by atoms with van der Waals surface area (Å²) < 4.78 is 5.22. The van der Waals surface area contributed by atoms with Crippen molar-refractivity contribution in [3.8, 4) is 5.75 Å². The van der Waals surface area contributed by atoms with Gasteiger partial charge in [-0.2, -0.15) is 0 Å². The predicted octanol–water partition coefficient (Wildman–Crippen LogP) is 2.76. The largest absolute Gasteiger partial charge is 0.496 e. The first-order valence-corrected chi connectivity index (χ1v) is 9.79. The Morgan fingerprint density at radius 2 is 1.58 bits per heavy atom. The molecule has 5 nitrogen and oxygen atoms in total. The number of hydrogen-bond donors (Lipinski definition) is 2. The van der Waals surface area contributed by atoms with E-state index in [1.807, 2.05) is 12.1 Å². The van der Waals surface area contributed by atoms with Crippen LogP contribution in [0, 0.1) is 23.2 Å². The number of nitrogens with one attached hydrogen (secondary N) is 2. The van der Waals surface area contributed by atoms with E-state index in [9.17, 15) is 9.59 Å². The van der Waals surface area contributed by atoms with Crippen molar-refractivity contribution in [2.24, 2.45) is 23.2 Å². The van der Waals surface area contributed by atoms with Crippen LogP contribution in [0.15, 0.2) is 24.3 Å². The maximum Gasteiger partial charge on any atom is 0.255 e. The number of benzene rings is 1. The Morgan fingerprint density at radius 3 is 2.19 bits per heavy atom. The van der Waals surface area contributed by atoms with E-state index in [2.05, 4.69) is 10.6 Å². The first kappa shape index (κ1) is 17.4. The molecule has 1 aromatic carbocycles. The Morgan fingerprint density at radius 1 is 1.00 bits per heavy atom. The molecule has 0 radical (unpaired) electrons. The molecular formula is C21H28N2O3. The minimum atomic E-state index is -0.175. The van der Waals surface area contributed by atoms with Crippen molar-refractivity contribution in [2.45, 2.75) is 38.5 Å². The van der Waals surface area contributed by atoms with Crippen molar-refractivity contribution in [2.75, 3.05) is 20.2 Å². The van der Waals surface area contributed by atoms with Gasteiger partial charge in [0.05, 0.1) is 12.7 Å². The molecule has 2 amide bonds. The Hall–Kier alpha value is -2.04. The van der Waals surface area contributed by atoms with Crippen LogP contribution in [0.25, 0.3) is 0 Å². The second kappa shape index (κ2) is 6.93. The molecule has 2 N–H and O–H groups in total. The summed E-state index contributed by atoms with van der Waals surface area (Å²) >= 11 is 0. The molecule has 140 valence electrons. The van der Waals surface area contributed by atoms with E-state index in [4.69, 9.17) is 4.74 Å². The highest BCUT2D eigenvalue weighted by atomic mass is 16.5. The quantitative estimate of drug-likeness (QED) is 0.770. The van der Waals surface area contributed by atoms with Crippen LogP contribution in [0.4, 0.5) is 0 Å². The normalized spacial score (nSPS) is 31.5. The molecule has 5 heteroatoms. The third-order valence-corrected chi connectivity index (χ3v) is 6.57. The minimum Gasteiger partial charge on any atom is -0.496 e. The zero-order valence-electron chi connectivity index (χ0n) is 15.4. The summed E-state index contributed by atoms with van der Waals surface area (Å²) in [6, 6.07) is 7.15. The molecular weight excluding hydrogens is 328 g/mol. The maximum atomic E-state index is 12.9. The summed E-state index contributed by atoms with van der Waals surface area (Å²) in [6.45, 7) is 0.899. The maximum absolute atomic E-state index is 12.9. The van der Waals surface area contributed by atoms with Crippen LogP contribution in [0.2, 0.25) is 0 Å². The molecule has 4 fully saturated rings. The fourth-order valence-electron chi connectivity index (χ4n) is 5.86. The van der Waals surface area contributed by atoms with Gasteiger partial charge in [-0.05, 0) is 68.4 Å². The fraction of sp³-hybridized carbons (Fsp3) is 0.619. The number of rotatable bonds is 6. The minimum absolute atomic E-state index is 0.124. The standard InChI is InChI=1S/C21H28N2O3/c1-26-18-5-3-2-4-17(18)19(24)22-6-7-23-20(25)21-11-14-8-15(12-21)10-16(9-14)13-21/h2-5,14-16H,6-13H2,1H3,(H,22,24)(H,23,25). The summed E-state index contributed by atoms with van der Waals surface area (Å²) in [5.74, 6) is 2.88. The number of hydrogen-bond acceptors (Lipinski definition) is 3. The van der Waals surface area contributed by atoms with E-state index in [1.165, 1.54) is 19.3 Å². The van der Waals surface area contributed by atoms with Crippen molar-refractivity contribution in [3.05, 3.63) is 29.8 Å². The van der Waals surface area contributed by atoms with E-state index in [0.717, 1.165) is 37.0 Å². The van der Waals surface area contributed by atoms with E-state index in [0.29, 0.717) is 24.4 Å². The van der Waals surface area contributed by atoms with Gasteiger partial charge in [-0.3, -0.25) is 9.59 Å². The van der Waals surface area contributed by atoms with Crippen LogP contribution in [0.5, 0.6) is 5.75 Å². The number of carbonyl (C=O) groups excluding carboxylic acids is 2. The predicted molar refractivity (Wildman–Crippen MR) is 98.9 cm³/mol. The van der Waals surface area contributed by atoms with Gasteiger partial charge in [-0.15, -0.1) is 0 Å². The molecule has 0 saturated heterocycles. The summed E-state index contributed by atoms with van der Waals surface area (Å²) in [7, 11) is 1.55. The molecule has 4 bridgehead atoms. The molecule has 1 aromatic rings. The van der Waals surface area contributed by atoms with Crippen molar-refractivity contribution < 1.29 is 14.3 Å². The van der Waals surface area contributed by atoms with Gasteiger partial charge in [0.15, 0.2) is 0 Å². The SMILES string of the molecule is COc1ccccc1C(=O)NCCNC(=O)C12CC3CC(CC(C3)C1)C2. The Labute approximate surface area is 154 Å². The fourth-order valence-corrected chi connectivity index (χ4v) is 5.86. The molecule has 0 aromatic heterocycles. The number of ether oxygens (including phenoxy) is 1. The highest BCUT2D eigenvalue weighted by Gasteiger charge is 2.54. The Kier molecular flexibility index (Phi) is 4.63. The molecule has 4 aliphatic carbocycles. The topological polar surface area (TPSA) is 67.4 Å². The molecule has 4 aliphatic rings. The van der Waals surface area contributed by atoms with Gasteiger partial charge in [0.2, 0.25) is 5.91 Å². The number of carbonyl (C=O) groups is 2. The first-order chi connectivity index (χ1) is 12.6. The zero-order chi connectivity index (χ0) is 18.1. The zero-order valence-corrected chi connectivity index (χ0v) is 15.4. The molecule has 0 heterocycles. The first-order valence-electron chi connectivity index (χ1n) is 9.79. The van der Waals surface area contributed by atoms with Crippen molar-refractivity contribution in [1.82, 2.24) is 10.6 Å². The number of amides is 2. The van der Waals surface area contributed by atoms with Crippen molar-refractivity contribution in [1.29, 1.82) is 0 Å². The van der Waals surface area contributed by atoms with Crippen LogP contribution in [-0.4, -0.2) is 32.0 Å². The lowest BCUT2D eigenvalue weighted by atomic mass is 9.49. The van der Waals surface area contributed by atoms with E-state index in [-0.39, 0.29) is 17.2 Å². The summed E-state index contributed by atoms with van der Waals surface area (Å²) in [5, 5.41) is 5.96. The lowest BCUT2D eigenvalue weighted by Gasteiger charge is -2.55. The lowest BCUT2D eigenvalue weighted by Crippen LogP contribution is -2.54. The van der Waals surface area contributed by atoms with Gasteiger partial charge in [-0.25, -0.2) is 0 Å². The highest BCUT2D eigenvalue weighted by Crippen LogP contribution is 2.60. The molecule has 26 heavy (non-hydrogen) atoms. The summed E-state index contributed by atoms with van der Waals surface area (Å²) in [4.78, 5) is 25.2. The van der Waals surface area contributed by atoms with Crippen molar-refractivity contribution in [3.63, 3.8) is 0 Å². The van der Waals surface area contributed by atoms with E-state index in [1.54, 1.807) is 19.2 Å². The molecule has 0 unspecified atom stereocenters. The smallest absolute Gasteiger partial charge is 0.255 e. The molecule has 0 atom stereocenters. The van der Waals surface area contributed by atoms with Crippen LogP contribution in [0.3, 0.4) is 0 Å². The van der Waals surface area contributed by atoms with Gasteiger partial charge >= 0.3 is 0 Å². The highest BCUT2D eigenvalue weighted by molar-refractivity contribution is 5.96. The summed E-state index contributed by atoms with van der Waals surface area (Å²) in [5.41, 5.74) is 0.393. The number of methoxy groups -OCH3 is 1. The van der Waals surface area contributed by atoms with E-state index < -0.39 is 0 Å². The average molecular weight is 356 g/mol. The average Bonchev–Trinajstić information content (AvgIpc) is 2.63. The van der Waals surface area contributed by atoms with Gasteiger partial charge < -0.3 is 15.4 Å². The van der Waals surface area contributed by atoms with Gasteiger partial charge in [-0.1, -0.05) is 12.1 Å². The second-order valence-corrected chi connectivity index (χ2v) is 8.41. The van der Waals surface area contributed by atoms with Crippen LogP contribution >= 0.6 is 0 Å². The Balaban J connectivity index is 1.27. The molecule has 0 aliphatic heterocycles. The Bertz CT molecular complexity index is 665. The molecule has 4 saturated carbocycles. The third kappa shape index (κ3) is 3.19. The van der Waals surface area contributed by atoms with Crippen molar-refractivity contribution >= 4 is 11.8 Å². The van der Waals surface area contributed by atoms with Crippen LogP contribution < -0.4 is 15.4 Å². The molecule has 0 spiro atoms. The van der Waals surface area contributed by atoms with E-state index >= 15 is 0 Å². The van der Waals surface area contributed by atoms with Gasteiger partial charge in [0.1, 0.15) is 5.75 Å². The third-order valence-electron chi connectivity index (χ3n) is 6.57. The van der Waals surface area contributed by atoms with Gasteiger partial charge in [0, 0.05) is 18.5 Å².